The molecule has 0 heterocycles. The van der Waals surface area contributed by atoms with Crippen molar-refractivity contribution in [3.63, 3.8) is 0 Å². The quantitative estimate of drug-likeness (QED) is 0.391. The lowest BCUT2D eigenvalue weighted by atomic mass is 10.3. The number of nitrogens with two attached hydrogens (primary N) is 1. The number of alkyl halides is 3. The summed E-state index contributed by atoms with van der Waals surface area (Å²) in [5, 5.41) is 0. The minimum absolute atomic E-state index is 0.00778. The summed E-state index contributed by atoms with van der Waals surface area (Å²) in [5.41, 5.74) is 5.16. The number of anilines is 1. The van der Waals surface area contributed by atoms with Crippen molar-refractivity contribution in [3.8, 4) is 0 Å². The highest BCUT2D eigenvalue weighted by atomic mass is 32.2. The smallest absolute Gasteiger partial charge is 0.399 e. The standard InChI is InChI=1S/C10H10F5NOS/c11-7-3-6(16)4-8(12)9(7)18-2-1-17-5-10(13,14)15/h3-4H,1-2,5,16H2. The van der Waals surface area contributed by atoms with Crippen LogP contribution >= 0.6 is 11.8 Å². The van der Waals surface area contributed by atoms with E-state index in [9.17, 15) is 22.0 Å². The Morgan fingerprint density at radius 2 is 1.72 bits per heavy atom. The number of rotatable bonds is 5. The third-order valence-corrected chi connectivity index (χ3v) is 2.81. The van der Waals surface area contributed by atoms with Crippen LogP contribution in [-0.2, 0) is 4.74 Å². The second-order valence-corrected chi connectivity index (χ2v) is 4.44. The molecule has 0 amide bonds. The van der Waals surface area contributed by atoms with E-state index >= 15 is 0 Å². The van der Waals surface area contributed by atoms with Gasteiger partial charge in [-0.3, -0.25) is 0 Å². The zero-order valence-electron chi connectivity index (χ0n) is 9.06. The first kappa shape index (κ1) is 15.0. The fourth-order valence-corrected chi connectivity index (χ4v) is 1.91. The lowest BCUT2D eigenvalue weighted by molar-refractivity contribution is -0.172. The van der Waals surface area contributed by atoms with E-state index < -0.39 is 24.4 Å². The summed E-state index contributed by atoms with van der Waals surface area (Å²) in [6.45, 7) is -1.63. The molecular formula is C10H10F5NOS. The van der Waals surface area contributed by atoms with E-state index in [0.717, 1.165) is 23.9 Å². The normalized spacial score (nSPS) is 11.8. The van der Waals surface area contributed by atoms with Gasteiger partial charge in [-0.05, 0) is 12.1 Å². The largest absolute Gasteiger partial charge is 0.411 e. The second-order valence-electron chi connectivity index (χ2n) is 3.33. The first-order valence-electron chi connectivity index (χ1n) is 4.81. The third kappa shape index (κ3) is 5.09. The summed E-state index contributed by atoms with van der Waals surface area (Å²) in [6.07, 6.45) is -4.40. The van der Waals surface area contributed by atoms with Crippen LogP contribution in [0.1, 0.15) is 0 Å². The molecule has 0 radical (unpaired) electrons. The molecule has 1 aromatic rings. The molecule has 0 aromatic heterocycles. The molecule has 0 aliphatic carbocycles. The van der Waals surface area contributed by atoms with E-state index in [1.165, 1.54) is 0 Å². The molecule has 0 saturated heterocycles. The van der Waals surface area contributed by atoms with Crippen LogP contribution in [0.5, 0.6) is 0 Å². The van der Waals surface area contributed by atoms with Crippen molar-refractivity contribution < 1.29 is 26.7 Å². The number of benzene rings is 1. The molecule has 0 fully saturated rings. The minimum Gasteiger partial charge on any atom is -0.399 e. The monoisotopic (exact) mass is 287 g/mol. The van der Waals surface area contributed by atoms with Crippen molar-refractivity contribution in [3.05, 3.63) is 23.8 Å². The average Bonchev–Trinajstić information content (AvgIpc) is 2.19. The predicted octanol–water partition coefficient (Wildman–Crippen LogP) is 3.22. The number of ether oxygens (including phenoxy) is 1. The SMILES string of the molecule is Nc1cc(F)c(SCCOCC(F)(F)F)c(F)c1. The van der Waals surface area contributed by atoms with Crippen molar-refractivity contribution in [2.75, 3.05) is 24.7 Å². The van der Waals surface area contributed by atoms with Gasteiger partial charge < -0.3 is 10.5 Å². The maximum atomic E-state index is 13.2. The van der Waals surface area contributed by atoms with Gasteiger partial charge in [0.1, 0.15) is 18.2 Å². The molecule has 0 spiro atoms. The first-order valence-corrected chi connectivity index (χ1v) is 5.80. The maximum absolute atomic E-state index is 13.2. The molecule has 1 aromatic carbocycles. The van der Waals surface area contributed by atoms with E-state index in [-0.39, 0.29) is 22.9 Å². The van der Waals surface area contributed by atoms with Crippen LogP contribution in [0.3, 0.4) is 0 Å². The van der Waals surface area contributed by atoms with Gasteiger partial charge in [-0.15, -0.1) is 11.8 Å². The molecule has 0 unspecified atom stereocenters. The van der Waals surface area contributed by atoms with Crippen molar-refractivity contribution in [1.29, 1.82) is 0 Å². The zero-order valence-corrected chi connectivity index (χ0v) is 9.88. The number of halogens is 5. The lowest BCUT2D eigenvalue weighted by Crippen LogP contribution is -2.17. The van der Waals surface area contributed by atoms with E-state index in [4.69, 9.17) is 5.73 Å². The topological polar surface area (TPSA) is 35.2 Å². The maximum Gasteiger partial charge on any atom is 0.411 e. The Balaban J connectivity index is 2.41. The Bertz CT molecular complexity index is 387. The van der Waals surface area contributed by atoms with Crippen molar-refractivity contribution in [2.45, 2.75) is 11.1 Å². The molecule has 0 bridgehead atoms. The molecule has 0 aliphatic heterocycles. The van der Waals surface area contributed by atoms with Gasteiger partial charge in [-0.1, -0.05) is 0 Å². The van der Waals surface area contributed by atoms with Gasteiger partial charge in [-0.2, -0.15) is 13.2 Å². The molecule has 18 heavy (non-hydrogen) atoms. The van der Waals surface area contributed by atoms with Crippen LogP contribution in [0.15, 0.2) is 17.0 Å². The van der Waals surface area contributed by atoms with Crippen molar-refractivity contribution in [2.24, 2.45) is 0 Å². The van der Waals surface area contributed by atoms with Gasteiger partial charge in [-0.25, -0.2) is 8.78 Å². The molecule has 2 N–H and O–H groups in total. The summed E-state index contributed by atoms with van der Waals surface area (Å²) >= 11 is 0.735. The molecule has 0 saturated carbocycles. The summed E-state index contributed by atoms with van der Waals surface area (Å²) in [5.74, 6) is -1.67. The Morgan fingerprint density at radius 1 is 1.17 bits per heavy atom. The van der Waals surface area contributed by atoms with Gasteiger partial charge in [0.2, 0.25) is 0 Å². The van der Waals surface area contributed by atoms with E-state index in [1.54, 1.807) is 0 Å². The molecular weight excluding hydrogens is 277 g/mol. The minimum atomic E-state index is -4.40. The predicted molar refractivity (Wildman–Crippen MR) is 58.4 cm³/mol. The number of thioether (sulfide) groups is 1. The molecule has 8 heteroatoms. The fourth-order valence-electron chi connectivity index (χ4n) is 1.11. The van der Waals surface area contributed by atoms with Gasteiger partial charge >= 0.3 is 6.18 Å². The van der Waals surface area contributed by atoms with Crippen molar-refractivity contribution >= 4 is 17.4 Å². The van der Waals surface area contributed by atoms with E-state index in [2.05, 4.69) is 4.74 Å². The summed E-state index contributed by atoms with van der Waals surface area (Å²) in [7, 11) is 0. The summed E-state index contributed by atoms with van der Waals surface area (Å²) < 4.78 is 65.9. The highest BCUT2D eigenvalue weighted by molar-refractivity contribution is 7.99. The molecule has 0 aliphatic rings. The Morgan fingerprint density at radius 3 is 2.22 bits per heavy atom. The van der Waals surface area contributed by atoms with Crippen LogP contribution in [-0.4, -0.2) is 25.1 Å². The zero-order chi connectivity index (χ0) is 13.8. The fraction of sp³-hybridized carbons (Fsp3) is 0.400. The lowest BCUT2D eigenvalue weighted by Gasteiger charge is -2.08. The molecule has 0 atom stereocenters. The Kier molecular flexibility index (Phi) is 5.21. The van der Waals surface area contributed by atoms with Gasteiger partial charge in [0, 0.05) is 11.4 Å². The van der Waals surface area contributed by atoms with Gasteiger partial charge in [0.05, 0.1) is 11.5 Å². The first-order chi connectivity index (χ1) is 8.29. The van der Waals surface area contributed by atoms with Crippen LogP contribution in [0.4, 0.5) is 27.6 Å². The van der Waals surface area contributed by atoms with Crippen LogP contribution in [0, 0.1) is 11.6 Å². The molecule has 2 nitrogen and oxygen atoms in total. The number of hydrogen-bond donors (Lipinski definition) is 1. The summed E-state index contributed by atoms with van der Waals surface area (Å²) in [6, 6.07) is 1.89. The highest BCUT2D eigenvalue weighted by Gasteiger charge is 2.27. The Hall–Kier alpha value is -1.02. The van der Waals surface area contributed by atoms with Crippen LogP contribution < -0.4 is 5.73 Å². The number of nitrogen functional groups attached to an aromatic ring is 1. The summed E-state index contributed by atoms with van der Waals surface area (Å²) in [4.78, 5) is -0.278. The highest BCUT2D eigenvalue weighted by Crippen LogP contribution is 2.27. The molecule has 102 valence electrons. The van der Waals surface area contributed by atoms with Gasteiger partial charge in [0.25, 0.3) is 0 Å². The third-order valence-electron chi connectivity index (χ3n) is 1.76. The van der Waals surface area contributed by atoms with E-state index in [1.807, 2.05) is 0 Å². The molecule has 1 rings (SSSR count). The second kappa shape index (κ2) is 6.24. The van der Waals surface area contributed by atoms with E-state index in [0.29, 0.717) is 0 Å². The van der Waals surface area contributed by atoms with Crippen molar-refractivity contribution in [1.82, 2.24) is 0 Å². The average molecular weight is 287 g/mol. The number of hydrogen-bond acceptors (Lipinski definition) is 3. The van der Waals surface area contributed by atoms with Crippen LogP contribution in [0.25, 0.3) is 0 Å². The Labute approximate surface area is 104 Å². The van der Waals surface area contributed by atoms with Crippen LogP contribution in [0.2, 0.25) is 0 Å². The van der Waals surface area contributed by atoms with Gasteiger partial charge in [0.15, 0.2) is 0 Å².